The third kappa shape index (κ3) is 4.11. The van der Waals surface area contributed by atoms with Crippen LogP contribution in [0, 0.1) is 0 Å². The molecule has 0 bridgehead atoms. The summed E-state index contributed by atoms with van der Waals surface area (Å²) in [6.45, 7) is 1.07. The molecule has 0 saturated carbocycles. The molecule has 5 heteroatoms. The second-order valence-corrected chi connectivity index (χ2v) is 5.14. The second-order valence-electron chi connectivity index (χ2n) is 4.73. The third-order valence-corrected chi connectivity index (χ3v) is 3.63. The normalized spacial score (nSPS) is 18.3. The van der Waals surface area contributed by atoms with Crippen LogP contribution in [0.4, 0.5) is 5.69 Å². The fourth-order valence-corrected chi connectivity index (χ4v) is 2.46. The molecule has 1 unspecified atom stereocenters. The first kappa shape index (κ1) is 14.2. The van der Waals surface area contributed by atoms with Gasteiger partial charge < -0.3 is 15.4 Å². The standard InChI is InChI=1S/C14H19ClN2O2/c1-19-13-9-11(4-6-12(13)15)17-14(18)7-5-10-3-2-8-16-10/h4,6,9-10,16H,2-3,5,7-8H2,1H3,(H,17,18). The number of hydrogen-bond acceptors (Lipinski definition) is 3. The Hall–Kier alpha value is -1.26. The predicted octanol–water partition coefficient (Wildman–Crippen LogP) is 2.82. The number of rotatable bonds is 5. The molecule has 0 spiro atoms. The van der Waals surface area contributed by atoms with Crippen molar-refractivity contribution in [3.8, 4) is 5.75 Å². The quantitative estimate of drug-likeness (QED) is 0.873. The van der Waals surface area contributed by atoms with Crippen molar-refractivity contribution < 1.29 is 9.53 Å². The van der Waals surface area contributed by atoms with Crippen molar-refractivity contribution in [1.82, 2.24) is 5.32 Å². The SMILES string of the molecule is COc1cc(NC(=O)CCC2CCCN2)ccc1Cl. The minimum atomic E-state index is 0.0260. The maximum absolute atomic E-state index is 11.8. The van der Waals surface area contributed by atoms with Gasteiger partial charge in [-0.2, -0.15) is 0 Å². The van der Waals surface area contributed by atoms with Gasteiger partial charge in [0.2, 0.25) is 5.91 Å². The number of benzene rings is 1. The number of amides is 1. The Kier molecular flexibility index (Phi) is 5.05. The zero-order valence-electron chi connectivity index (χ0n) is 11.0. The maximum Gasteiger partial charge on any atom is 0.224 e. The number of carbonyl (C=O) groups is 1. The minimum Gasteiger partial charge on any atom is -0.495 e. The monoisotopic (exact) mass is 282 g/mol. The number of nitrogens with one attached hydrogen (secondary N) is 2. The molecule has 1 aromatic rings. The fourth-order valence-electron chi connectivity index (χ4n) is 2.27. The lowest BCUT2D eigenvalue weighted by molar-refractivity contribution is -0.116. The summed E-state index contributed by atoms with van der Waals surface area (Å²) >= 11 is 5.93. The van der Waals surface area contributed by atoms with E-state index in [2.05, 4.69) is 10.6 Å². The minimum absolute atomic E-state index is 0.0260. The first-order valence-electron chi connectivity index (χ1n) is 6.56. The Labute approximate surface area is 118 Å². The van der Waals surface area contributed by atoms with E-state index in [0.29, 0.717) is 28.9 Å². The summed E-state index contributed by atoms with van der Waals surface area (Å²) in [7, 11) is 1.55. The first-order chi connectivity index (χ1) is 9.19. The molecule has 1 heterocycles. The molecular formula is C14H19ClN2O2. The van der Waals surface area contributed by atoms with Crippen LogP contribution in [0.25, 0.3) is 0 Å². The lowest BCUT2D eigenvalue weighted by Crippen LogP contribution is -2.23. The Morgan fingerprint density at radius 1 is 1.58 bits per heavy atom. The highest BCUT2D eigenvalue weighted by Gasteiger charge is 2.15. The average molecular weight is 283 g/mol. The molecule has 1 atom stereocenters. The molecule has 1 saturated heterocycles. The van der Waals surface area contributed by atoms with Crippen molar-refractivity contribution in [2.75, 3.05) is 19.0 Å². The van der Waals surface area contributed by atoms with Crippen molar-refractivity contribution in [2.45, 2.75) is 31.7 Å². The van der Waals surface area contributed by atoms with Crippen molar-refractivity contribution in [2.24, 2.45) is 0 Å². The van der Waals surface area contributed by atoms with Gasteiger partial charge in [0.05, 0.1) is 12.1 Å². The molecule has 0 aromatic heterocycles. The zero-order chi connectivity index (χ0) is 13.7. The number of halogens is 1. The molecule has 4 nitrogen and oxygen atoms in total. The first-order valence-corrected chi connectivity index (χ1v) is 6.93. The van der Waals surface area contributed by atoms with E-state index in [9.17, 15) is 4.79 Å². The van der Waals surface area contributed by atoms with Crippen LogP contribution in [-0.4, -0.2) is 25.6 Å². The van der Waals surface area contributed by atoms with Crippen LogP contribution < -0.4 is 15.4 Å². The van der Waals surface area contributed by atoms with Crippen LogP contribution >= 0.6 is 11.6 Å². The Bertz CT molecular complexity index is 445. The number of hydrogen-bond donors (Lipinski definition) is 2. The number of anilines is 1. The zero-order valence-corrected chi connectivity index (χ0v) is 11.8. The van der Waals surface area contributed by atoms with E-state index in [-0.39, 0.29) is 5.91 Å². The lowest BCUT2D eigenvalue weighted by atomic mass is 10.1. The van der Waals surface area contributed by atoms with Gasteiger partial charge in [-0.1, -0.05) is 11.6 Å². The van der Waals surface area contributed by atoms with Crippen molar-refractivity contribution in [3.05, 3.63) is 23.2 Å². The maximum atomic E-state index is 11.8. The van der Waals surface area contributed by atoms with E-state index in [4.69, 9.17) is 16.3 Å². The van der Waals surface area contributed by atoms with Gasteiger partial charge in [0.1, 0.15) is 5.75 Å². The summed E-state index contributed by atoms with van der Waals surface area (Å²) in [4.78, 5) is 11.8. The van der Waals surface area contributed by atoms with Crippen molar-refractivity contribution >= 4 is 23.2 Å². The fraction of sp³-hybridized carbons (Fsp3) is 0.500. The largest absolute Gasteiger partial charge is 0.495 e. The summed E-state index contributed by atoms with van der Waals surface area (Å²) in [6, 6.07) is 5.71. The second kappa shape index (κ2) is 6.78. The van der Waals surface area contributed by atoms with Gasteiger partial charge in [-0.3, -0.25) is 4.79 Å². The summed E-state index contributed by atoms with van der Waals surface area (Å²) in [5.41, 5.74) is 0.714. The molecule has 104 valence electrons. The van der Waals surface area contributed by atoms with Crippen molar-refractivity contribution in [1.29, 1.82) is 0 Å². The molecule has 1 aliphatic heterocycles. The lowest BCUT2D eigenvalue weighted by Gasteiger charge is -2.11. The number of carbonyl (C=O) groups excluding carboxylic acids is 1. The molecule has 1 amide bonds. The molecular weight excluding hydrogens is 264 g/mol. The number of ether oxygens (including phenoxy) is 1. The molecule has 1 aromatic carbocycles. The van der Waals surface area contributed by atoms with Gasteiger partial charge >= 0.3 is 0 Å². The molecule has 2 N–H and O–H groups in total. The molecule has 19 heavy (non-hydrogen) atoms. The summed E-state index contributed by atoms with van der Waals surface area (Å²) in [5, 5.41) is 6.78. The van der Waals surface area contributed by atoms with Crippen LogP contribution in [0.15, 0.2) is 18.2 Å². The van der Waals surface area contributed by atoms with Crippen LogP contribution in [0.3, 0.4) is 0 Å². The van der Waals surface area contributed by atoms with Crippen LogP contribution in [-0.2, 0) is 4.79 Å². The Morgan fingerprint density at radius 3 is 3.11 bits per heavy atom. The highest BCUT2D eigenvalue weighted by Crippen LogP contribution is 2.27. The van der Waals surface area contributed by atoms with E-state index >= 15 is 0 Å². The number of methoxy groups -OCH3 is 1. The van der Waals surface area contributed by atoms with E-state index in [1.807, 2.05) is 0 Å². The van der Waals surface area contributed by atoms with E-state index in [1.54, 1.807) is 25.3 Å². The van der Waals surface area contributed by atoms with E-state index in [1.165, 1.54) is 12.8 Å². The Balaban J connectivity index is 1.84. The summed E-state index contributed by atoms with van der Waals surface area (Å²) in [6.07, 6.45) is 3.79. The topological polar surface area (TPSA) is 50.4 Å². The molecule has 1 aliphatic rings. The Morgan fingerprint density at radius 2 is 2.42 bits per heavy atom. The van der Waals surface area contributed by atoms with Gasteiger partial charge in [0.25, 0.3) is 0 Å². The highest BCUT2D eigenvalue weighted by molar-refractivity contribution is 6.32. The van der Waals surface area contributed by atoms with Crippen molar-refractivity contribution in [3.63, 3.8) is 0 Å². The van der Waals surface area contributed by atoms with E-state index in [0.717, 1.165) is 13.0 Å². The molecule has 0 radical (unpaired) electrons. The van der Waals surface area contributed by atoms with Gasteiger partial charge in [-0.15, -0.1) is 0 Å². The molecule has 1 fully saturated rings. The molecule has 0 aliphatic carbocycles. The van der Waals surface area contributed by atoms with Gasteiger partial charge in [0.15, 0.2) is 0 Å². The summed E-state index contributed by atoms with van der Waals surface area (Å²) < 4.78 is 5.12. The van der Waals surface area contributed by atoms with Crippen LogP contribution in [0.5, 0.6) is 5.75 Å². The average Bonchev–Trinajstić information content (AvgIpc) is 2.92. The summed E-state index contributed by atoms with van der Waals surface area (Å²) in [5.74, 6) is 0.593. The predicted molar refractivity (Wildman–Crippen MR) is 76.9 cm³/mol. The van der Waals surface area contributed by atoms with E-state index < -0.39 is 0 Å². The molecule has 2 rings (SSSR count). The van der Waals surface area contributed by atoms with Crippen LogP contribution in [0.2, 0.25) is 5.02 Å². The van der Waals surface area contributed by atoms with Gasteiger partial charge in [-0.05, 0) is 37.9 Å². The third-order valence-electron chi connectivity index (χ3n) is 3.32. The highest BCUT2D eigenvalue weighted by atomic mass is 35.5. The van der Waals surface area contributed by atoms with Crippen LogP contribution in [0.1, 0.15) is 25.7 Å². The van der Waals surface area contributed by atoms with Gasteiger partial charge in [-0.25, -0.2) is 0 Å². The van der Waals surface area contributed by atoms with Gasteiger partial charge in [0, 0.05) is 24.2 Å². The smallest absolute Gasteiger partial charge is 0.224 e.